The lowest BCUT2D eigenvalue weighted by atomic mass is 10.1. The van der Waals surface area contributed by atoms with E-state index >= 15 is 0 Å². The molecule has 0 spiro atoms. The van der Waals surface area contributed by atoms with E-state index in [9.17, 15) is 29.4 Å². The summed E-state index contributed by atoms with van der Waals surface area (Å²) in [5, 5.41) is 21.7. The third-order valence-corrected chi connectivity index (χ3v) is 6.17. The highest BCUT2D eigenvalue weighted by Gasteiger charge is 2.34. The summed E-state index contributed by atoms with van der Waals surface area (Å²) in [6.07, 6.45) is 2.94. The van der Waals surface area contributed by atoms with Crippen LogP contribution in [0.25, 0.3) is 6.08 Å². The number of hydrogen-bond donors (Lipinski definition) is 3. The van der Waals surface area contributed by atoms with Gasteiger partial charge in [0, 0.05) is 33.1 Å². The summed E-state index contributed by atoms with van der Waals surface area (Å²) in [5.74, 6) is -0.973. The van der Waals surface area contributed by atoms with Crippen LogP contribution in [-0.4, -0.2) is 89.0 Å². The molecule has 0 aliphatic carbocycles. The fourth-order valence-corrected chi connectivity index (χ4v) is 4.26. The highest BCUT2D eigenvalue weighted by atomic mass is 32.2. The molecule has 0 saturated carbocycles. The molecule has 12 nitrogen and oxygen atoms in total. The Labute approximate surface area is 238 Å². The fraction of sp³-hybridized carbons (Fsp3) is 0.481. The number of benzene rings is 1. The SMILES string of the molecule is C=O.C=O.Cc1cc(/C=C2\SC(=O)N(CCCCN(C)C(=O)CCCNC(=O)OC(C)(C)C)C2=O)cc(O)c1O. The van der Waals surface area contributed by atoms with Crippen LogP contribution in [0.3, 0.4) is 0 Å². The van der Waals surface area contributed by atoms with Crippen molar-refractivity contribution in [2.45, 2.75) is 59.0 Å². The number of nitrogens with one attached hydrogen (secondary N) is 1. The highest BCUT2D eigenvalue weighted by Crippen LogP contribution is 2.35. The maximum Gasteiger partial charge on any atom is 0.407 e. The predicted octanol–water partition coefficient (Wildman–Crippen LogP) is 3.62. The molecule has 1 heterocycles. The third-order valence-electron chi connectivity index (χ3n) is 5.26. The van der Waals surface area contributed by atoms with E-state index in [0.29, 0.717) is 43.5 Å². The van der Waals surface area contributed by atoms with Gasteiger partial charge >= 0.3 is 6.09 Å². The summed E-state index contributed by atoms with van der Waals surface area (Å²) in [4.78, 5) is 67.9. The quantitative estimate of drug-likeness (QED) is 0.211. The van der Waals surface area contributed by atoms with E-state index in [1.807, 2.05) is 13.6 Å². The Morgan fingerprint density at radius 2 is 1.73 bits per heavy atom. The van der Waals surface area contributed by atoms with Crippen molar-refractivity contribution < 1.29 is 43.7 Å². The van der Waals surface area contributed by atoms with Crippen LogP contribution in [-0.2, 0) is 23.9 Å². The van der Waals surface area contributed by atoms with E-state index in [1.165, 1.54) is 17.0 Å². The van der Waals surface area contributed by atoms with E-state index in [0.717, 1.165) is 11.8 Å². The lowest BCUT2D eigenvalue weighted by Gasteiger charge is -2.20. The van der Waals surface area contributed by atoms with Gasteiger partial charge in [0.1, 0.15) is 19.2 Å². The van der Waals surface area contributed by atoms with Crippen molar-refractivity contribution in [1.29, 1.82) is 0 Å². The molecule has 0 unspecified atom stereocenters. The number of ether oxygens (including phenoxy) is 1. The minimum atomic E-state index is -0.573. The molecule has 0 aromatic heterocycles. The minimum absolute atomic E-state index is 0.0532. The van der Waals surface area contributed by atoms with Crippen LogP contribution in [0.4, 0.5) is 9.59 Å². The smallest absolute Gasteiger partial charge is 0.407 e. The standard InChI is InChI=1S/C25H35N3O7S.2CH2O/c1-16-13-17(14-18(29)21(16)31)15-19-22(32)28(24(34)36-19)12-7-6-11-27(5)20(30)9-8-10-26-23(33)35-25(2,3)4;2*1-2/h13-15,29,31H,6-12H2,1-5H3,(H,26,33);2*1H2/b19-15-;;. The Hall–Kier alpha value is -3.87. The molecule has 0 bridgehead atoms. The number of phenolic OH excluding ortho intramolecular Hbond substituents is 2. The molecule has 1 aromatic carbocycles. The molecule has 1 aliphatic rings. The van der Waals surface area contributed by atoms with Crippen molar-refractivity contribution in [2.24, 2.45) is 0 Å². The van der Waals surface area contributed by atoms with Crippen molar-refractivity contribution in [3.05, 3.63) is 28.2 Å². The number of aromatic hydroxyl groups is 2. The van der Waals surface area contributed by atoms with Crippen molar-refractivity contribution in [2.75, 3.05) is 26.7 Å². The van der Waals surface area contributed by atoms with Gasteiger partial charge in [0.05, 0.1) is 4.91 Å². The lowest BCUT2D eigenvalue weighted by Crippen LogP contribution is -2.34. The summed E-state index contributed by atoms with van der Waals surface area (Å²) in [7, 11) is 1.70. The molecule has 1 aromatic rings. The van der Waals surface area contributed by atoms with Gasteiger partial charge in [-0.3, -0.25) is 19.3 Å². The van der Waals surface area contributed by atoms with Crippen molar-refractivity contribution in [1.82, 2.24) is 15.1 Å². The van der Waals surface area contributed by atoms with Crippen LogP contribution in [0.5, 0.6) is 11.5 Å². The Morgan fingerprint density at radius 3 is 2.30 bits per heavy atom. The van der Waals surface area contributed by atoms with Gasteiger partial charge in [-0.1, -0.05) is 0 Å². The lowest BCUT2D eigenvalue weighted by molar-refractivity contribution is -0.130. The number of unbranched alkanes of at least 4 members (excludes halogenated alkanes) is 1. The maximum absolute atomic E-state index is 12.7. The van der Waals surface area contributed by atoms with Gasteiger partial charge in [0.25, 0.3) is 11.1 Å². The maximum atomic E-state index is 12.7. The number of imide groups is 1. The number of thioether (sulfide) groups is 1. The number of nitrogens with zero attached hydrogens (tertiary/aromatic N) is 2. The summed E-state index contributed by atoms with van der Waals surface area (Å²) < 4.78 is 5.14. The largest absolute Gasteiger partial charge is 0.504 e. The normalized spacial score (nSPS) is 13.6. The van der Waals surface area contributed by atoms with E-state index in [-0.39, 0.29) is 40.5 Å². The van der Waals surface area contributed by atoms with Crippen LogP contribution in [0.2, 0.25) is 0 Å². The molecule has 1 saturated heterocycles. The summed E-state index contributed by atoms with van der Waals surface area (Å²) in [5.41, 5.74) is 0.393. The van der Waals surface area contributed by atoms with E-state index < -0.39 is 17.6 Å². The van der Waals surface area contributed by atoms with Crippen molar-refractivity contribution in [3.63, 3.8) is 0 Å². The third kappa shape index (κ3) is 12.3. The summed E-state index contributed by atoms with van der Waals surface area (Å²) >= 11 is 0.829. The topological polar surface area (TPSA) is 171 Å². The molecule has 13 heteroatoms. The zero-order chi connectivity index (χ0) is 31.0. The molecule has 0 atom stereocenters. The second-order valence-electron chi connectivity index (χ2n) is 9.59. The molecular formula is C27H39N3O9S. The number of aryl methyl sites for hydroxylation is 1. The van der Waals surface area contributed by atoms with Gasteiger partial charge in [-0.2, -0.15) is 0 Å². The molecular weight excluding hydrogens is 542 g/mol. The number of alkyl carbamates (subject to hydrolysis) is 1. The van der Waals surface area contributed by atoms with Gasteiger partial charge in [0.2, 0.25) is 5.91 Å². The number of hydrogen-bond acceptors (Lipinski definition) is 10. The molecule has 222 valence electrons. The first kappa shape index (κ1) is 36.1. The number of phenols is 2. The van der Waals surface area contributed by atoms with Crippen LogP contribution >= 0.6 is 11.8 Å². The Balaban J connectivity index is 0.00000363. The second kappa shape index (κ2) is 17.7. The average Bonchev–Trinajstić information content (AvgIpc) is 3.15. The van der Waals surface area contributed by atoms with Crippen LogP contribution in [0, 0.1) is 6.92 Å². The van der Waals surface area contributed by atoms with E-state index in [2.05, 4.69) is 5.32 Å². The first-order chi connectivity index (χ1) is 18.8. The predicted molar refractivity (Wildman–Crippen MR) is 152 cm³/mol. The molecule has 4 amide bonds. The van der Waals surface area contributed by atoms with Gasteiger partial charge in [-0.25, -0.2) is 4.79 Å². The Kier molecular flexibility index (Phi) is 16.0. The first-order valence-electron chi connectivity index (χ1n) is 12.3. The summed E-state index contributed by atoms with van der Waals surface area (Å²) in [6.45, 7) is 12.0. The number of rotatable bonds is 10. The van der Waals surface area contributed by atoms with Gasteiger partial charge in [-0.05, 0) is 88.1 Å². The van der Waals surface area contributed by atoms with Gasteiger partial charge in [-0.15, -0.1) is 0 Å². The van der Waals surface area contributed by atoms with Crippen LogP contribution in [0.15, 0.2) is 17.0 Å². The molecule has 3 N–H and O–H groups in total. The molecule has 2 rings (SSSR count). The van der Waals surface area contributed by atoms with Crippen molar-refractivity contribution >= 4 is 54.6 Å². The molecule has 1 fully saturated rings. The van der Waals surface area contributed by atoms with E-state index in [1.54, 1.807) is 45.7 Å². The van der Waals surface area contributed by atoms with Crippen LogP contribution in [0.1, 0.15) is 57.6 Å². The monoisotopic (exact) mass is 581 g/mol. The van der Waals surface area contributed by atoms with Gasteiger partial charge < -0.3 is 34.8 Å². The Bertz CT molecular complexity index is 1040. The van der Waals surface area contributed by atoms with Gasteiger partial charge in [0.15, 0.2) is 11.5 Å². The Morgan fingerprint density at radius 1 is 1.10 bits per heavy atom. The zero-order valence-corrected chi connectivity index (χ0v) is 24.5. The van der Waals surface area contributed by atoms with Crippen LogP contribution < -0.4 is 5.32 Å². The average molecular weight is 582 g/mol. The molecule has 1 aliphatic heterocycles. The second-order valence-corrected chi connectivity index (χ2v) is 10.6. The number of carbonyl (C=O) groups excluding carboxylic acids is 6. The zero-order valence-electron chi connectivity index (χ0n) is 23.7. The molecule has 40 heavy (non-hydrogen) atoms. The number of amides is 4. The summed E-state index contributed by atoms with van der Waals surface area (Å²) in [6, 6.07) is 2.94. The van der Waals surface area contributed by atoms with Crippen molar-refractivity contribution in [3.8, 4) is 11.5 Å². The molecule has 0 radical (unpaired) electrons. The number of carbonyl (C=O) groups is 6. The highest BCUT2D eigenvalue weighted by molar-refractivity contribution is 8.18. The fourth-order valence-electron chi connectivity index (χ4n) is 3.39. The minimum Gasteiger partial charge on any atom is -0.504 e. The first-order valence-corrected chi connectivity index (χ1v) is 13.2. The van der Waals surface area contributed by atoms with E-state index in [4.69, 9.17) is 14.3 Å².